The van der Waals surface area contributed by atoms with Gasteiger partial charge in [0.05, 0.1) is 6.61 Å². The molecule has 0 aromatic carbocycles. The highest BCUT2D eigenvalue weighted by Crippen LogP contribution is 1.66. The first-order valence-electron chi connectivity index (χ1n) is 3.55. The minimum Gasteiger partial charge on any atom is -0.396 e. The Morgan fingerprint density at radius 2 is 1.50 bits per heavy atom. The zero-order valence-corrected chi connectivity index (χ0v) is 7.17. The normalized spacial score (nSPS) is 9.00. The number of hydrogen-bond donors (Lipinski definition) is 2. The molecule has 64 valence electrons. The van der Waals surface area contributed by atoms with Gasteiger partial charge in [-0.25, -0.2) is 0 Å². The van der Waals surface area contributed by atoms with Gasteiger partial charge in [0.15, 0.2) is 0 Å². The second kappa shape index (κ2) is 11.6. The fourth-order valence-electron chi connectivity index (χ4n) is 0.200. The Hall–Kier alpha value is -0.120. The lowest BCUT2D eigenvalue weighted by Gasteiger charge is -2.03. The summed E-state index contributed by atoms with van der Waals surface area (Å²) in [5.41, 5.74) is 0. The number of likely N-dealkylation sites (N-methyl/N-ethyl adjacent to an activating group) is 1. The minimum absolute atomic E-state index is 0.257. The SMILES string of the molecule is CCCO.CN(C)CCO. The Morgan fingerprint density at radius 3 is 1.50 bits per heavy atom. The van der Waals surface area contributed by atoms with E-state index >= 15 is 0 Å². The third-order valence-corrected chi connectivity index (χ3v) is 0.771. The molecular weight excluding hydrogens is 130 g/mol. The Labute approximate surface area is 63.3 Å². The number of hydrogen-bond acceptors (Lipinski definition) is 3. The lowest BCUT2D eigenvalue weighted by atomic mass is 10.5. The Kier molecular flexibility index (Phi) is 14.6. The van der Waals surface area contributed by atoms with Gasteiger partial charge >= 0.3 is 0 Å². The molecule has 0 aliphatic heterocycles. The van der Waals surface area contributed by atoms with Crippen LogP contribution in [0.5, 0.6) is 0 Å². The smallest absolute Gasteiger partial charge is 0.0558 e. The van der Waals surface area contributed by atoms with Gasteiger partial charge in [0, 0.05) is 13.2 Å². The Morgan fingerprint density at radius 1 is 1.10 bits per heavy atom. The highest BCUT2D eigenvalue weighted by Gasteiger charge is 1.80. The van der Waals surface area contributed by atoms with E-state index in [0.717, 1.165) is 13.0 Å². The van der Waals surface area contributed by atoms with Crippen molar-refractivity contribution >= 4 is 0 Å². The molecule has 10 heavy (non-hydrogen) atoms. The molecule has 0 aliphatic rings. The van der Waals surface area contributed by atoms with Crippen molar-refractivity contribution in [1.82, 2.24) is 4.90 Å². The van der Waals surface area contributed by atoms with Gasteiger partial charge < -0.3 is 15.1 Å². The van der Waals surface area contributed by atoms with Gasteiger partial charge in [-0.3, -0.25) is 0 Å². The molecule has 0 spiro atoms. The molecule has 2 N–H and O–H groups in total. The van der Waals surface area contributed by atoms with E-state index in [9.17, 15) is 0 Å². The summed E-state index contributed by atoms with van der Waals surface area (Å²) in [5, 5.41) is 16.1. The van der Waals surface area contributed by atoms with Crippen LogP contribution >= 0.6 is 0 Å². The van der Waals surface area contributed by atoms with Crippen molar-refractivity contribution in [3.8, 4) is 0 Å². The number of nitrogens with zero attached hydrogens (tertiary/aromatic N) is 1. The topological polar surface area (TPSA) is 43.7 Å². The lowest BCUT2D eigenvalue weighted by molar-refractivity contribution is 0.243. The van der Waals surface area contributed by atoms with Crippen LogP contribution in [0, 0.1) is 0 Å². The van der Waals surface area contributed by atoms with Gasteiger partial charge in [-0.05, 0) is 20.5 Å². The van der Waals surface area contributed by atoms with Crippen LogP contribution in [0.4, 0.5) is 0 Å². The van der Waals surface area contributed by atoms with Crippen LogP contribution in [0.2, 0.25) is 0 Å². The van der Waals surface area contributed by atoms with Crippen LogP contribution in [0.25, 0.3) is 0 Å². The molecule has 0 aliphatic carbocycles. The van der Waals surface area contributed by atoms with Crippen molar-refractivity contribution in [2.75, 3.05) is 33.9 Å². The molecule has 0 aromatic rings. The molecule has 0 aromatic heterocycles. The second-order valence-corrected chi connectivity index (χ2v) is 2.25. The standard InChI is InChI=1S/C4H11NO.C3H8O/c1-5(2)3-4-6;1-2-3-4/h6H,3-4H2,1-2H3;4H,2-3H2,1H3. The van der Waals surface area contributed by atoms with Gasteiger partial charge in [-0.2, -0.15) is 0 Å². The molecule has 0 saturated heterocycles. The Bertz CT molecular complexity index is 46.9. The summed E-state index contributed by atoms with van der Waals surface area (Å²) < 4.78 is 0. The predicted molar refractivity (Wildman–Crippen MR) is 43.0 cm³/mol. The molecule has 0 heterocycles. The van der Waals surface area contributed by atoms with Gasteiger partial charge in [-0.15, -0.1) is 0 Å². The second-order valence-electron chi connectivity index (χ2n) is 2.25. The molecule has 0 fully saturated rings. The summed E-state index contributed by atoms with van der Waals surface area (Å²) in [6, 6.07) is 0. The largest absolute Gasteiger partial charge is 0.396 e. The first-order valence-corrected chi connectivity index (χ1v) is 3.55. The van der Waals surface area contributed by atoms with E-state index in [1.807, 2.05) is 25.9 Å². The molecule has 0 saturated carbocycles. The van der Waals surface area contributed by atoms with Crippen molar-refractivity contribution in [2.24, 2.45) is 0 Å². The summed E-state index contributed by atoms with van der Waals surface area (Å²) in [5.74, 6) is 0. The van der Waals surface area contributed by atoms with E-state index in [2.05, 4.69) is 0 Å². The zero-order valence-electron chi connectivity index (χ0n) is 7.17. The number of rotatable bonds is 3. The van der Waals surface area contributed by atoms with Crippen LogP contribution in [-0.4, -0.2) is 49.0 Å². The number of aliphatic hydroxyl groups excluding tert-OH is 2. The average Bonchev–Trinajstić information content (AvgIpc) is 1.89. The van der Waals surface area contributed by atoms with E-state index in [1.165, 1.54) is 0 Å². The molecule has 0 bridgehead atoms. The first-order chi connectivity index (χ1) is 4.68. The molecule has 0 rings (SSSR count). The lowest BCUT2D eigenvalue weighted by Crippen LogP contribution is -2.15. The van der Waals surface area contributed by atoms with E-state index in [4.69, 9.17) is 10.2 Å². The van der Waals surface area contributed by atoms with Crippen molar-refractivity contribution in [3.63, 3.8) is 0 Å². The van der Waals surface area contributed by atoms with Crippen molar-refractivity contribution < 1.29 is 10.2 Å². The van der Waals surface area contributed by atoms with Gasteiger partial charge in [-0.1, -0.05) is 6.92 Å². The molecule has 3 heteroatoms. The first kappa shape index (κ1) is 12.5. The van der Waals surface area contributed by atoms with Gasteiger partial charge in [0.25, 0.3) is 0 Å². The predicted octanol–water partition coefficient (Wildman–Crippen LogP) is -0.0710. The molecule has 0 atom stereocenters. The van der Waals surface area contributed by atoms with E-state index in [1.54, 1.807) is 0 Å². The zero-order chi connectivity index (χ0) is 8.41. The molecule has 3 nitrogen and oxygen atoms in total. The third-order valence-electron chi connectivity index (χ3n) is 0.771. The van der Waals surface area contributed by atoms with Gasteiger partial charge in [0.2, 0.25) is 0 Å². The maximum atomic E-state index is 8.20. The highest BCUT2D eigenvalue weighted by molar-refractivity contribution is 4.34. The fourth-order valence-corrected chi connectivity index (χ4v) is 0.200. The molecular formula is C7H19NO2. The third kappa shape index (κ3) is 24.8. The maximum absolute atomic E-state index is 8.20. The monoisotopic (exact) mass is 149 g/mol. The van der Waals surface area contributed by atoms with Crippen molar-refractivity contribution in [2.45, 2.75) is 13.3 Å². The maximum Gasteiger partial charge on any atom is 0.0558 e. The van der Waals surface area contributed by atoms with Crippen LogP contribution in [0.1, 0.15) is 13.3 Å². The van der Waals surface area contributed by atoms with Gasteiger partial charge in [0.1, 0.15) is 0 Å². The van der Waals surface area contributed by atoms with E-state index in [0.29, 0.717) is 6.61 Å². The van der Waals surface area contributed by atoms with Crippen LogP contribution in [0.15, 0.2) is 0 Å². The van der Waals surface area contributed by atoms with Crippen LogP contribution in [-0.2, 0) is 0 Å². The fraction of sp³-hybridized carbons (Fsp3) is 1.00. The molecule has 0 unspecified atom stereocenters. The Balaban J connectivity index is 0. The minimum atomic E-state index is 0.257. The van der Waals surface area contributed by atoms with Crippen molar-refractivity contribution in [1.29, 1.82) is 0 Å². The summed E-state index contributed by atoms with van der Waals surface area (Å²) in [6.07, 6.45) is 0.875. The summed E-state index contributed by atoms with van der Waals surface area (Å²) >= 11 is 0. The highest BCUT2D eigenvalue weighted by atomic mass is 16.3. The molecule has 0 radical (unpaired) electrons. The van der Waals surface area contributed by atoms with E-state index in [-0.39, 0.29) is 6.61 Å². The van der Waals surface area contributed by atoms with Crippen LogP contribution < -0.4 is 0 Å². The summed E-state index contributed by atoms with van der Waals surface area (Å²) in [7, 11) is 3.85. The summed E-state index contributed by atoms with van der Waals surface area (Å²) in [6.45, 7) is 3.27. The summed E-state index contributed by atoms with van der Waals surface area (Å²) in [4.78, 5) is 1.93. The van der Waals surface area contributed by atoms with Crippen molar-refractivity contribution in [3.05, 3.63) is 0 Å². The molecule has 0 amide bonds. The number of aliphatic hydroxyl groups is 2. The van der Waals surface area contributed by atoms with Crippen LogP contribution in [0.3, 0.4) is 0 Å². The quantitative estimate of drug-likeness (QED) is 0.590. The average molecular weight is 149 g/mol. The van der Waals surface area contributed by atoms with E-state index < -0.39 is 0 Å².